The molecule has 1 aromatic heterocycles. The molecule has 3 aromatic rings. The number of nitrogens with zero attached hydrogens (tertiary/aromatic N) is 4. The second kappa shape index (κ2) is 14.0. The van der Waals surface area contributed by atoms with Gasteiger partial charge in [0.05, 0.1) is 26.4 Å². The molecule has 4 heterocycles. The van der Waals surface area contributed by atoms with Crippen LogP contribution in [0.5, 0.6) is 0 Å². The number of rotatable bonds is 8. The van der Waals surface area contributed by atoms with E-state index in [1.807, 2.05) is 18.3 Å². The summed E-state index contributed by atoms with van der Waals surface area (Å²) in [5, 5.41) is 5.37. The number of carbonyl (C=O) groups excluding carboxylic acids is 3. The van der Waals surface area contributed by atoms with Gasteiger partial charge < -0.3 is 34.8 Å². The van der Waals surface area contributed by atoms with Crippen molar-refractivity contribution in [1.82, 2.24) is 15.2 Å². The second-order valence-corrected chi connectivity index (χ2v) is 11.6. The Kier molecular flexibility index (Phi) is 9.44. The number of alkyl carbamates (subject to hydrolysis) is 1. The summed E-state index contributed by atoms with van der Waals surface area (Å²) in [7, 11) is 1.24. The van der Waals surface area contributed by atoms with Gasteiger partial charge in [0.2, 0.25) is 11.8 Å². The van der Waals surface area contributed by atoms with Crippen LogP contribution in [0.1, 0.15) is 37.3 Å². The van der Waals surface area contributed by atoms with E-state index in [1.54, 1.807) is 0 Å². The molecule has 6 rings (SSSR count). The molecule has 3 aliphatic rings. The fourth-order valence-electron chi connectivity index (χ4n) is 6.48. The number of methoxy groups -OCH3 is 1. The molecule has 0 radical (unpaired) electrons. The first kappa shape index (κ1) is 30.4. The SMILES string of the molecule is COC(=O)NCC(=O)N1CCC[C@H]1C(=O)Nc1ccc([C@@H]2CCCN2c2ccc(-c3ccc(N4CCOCC4)nc3)cc2)cc1. The van der Waals surface area contributed by atoms with Crippen LogP contribution in [-0.2, 0) is 19.1 Å². The Bertz CT molecular complexity index is 1470. The Morgan fingerprint density at radius 1 is 0.889 bits per heavy atom. The molecule has 0 aliphatic carbocycles. The van der Waals surface area contributed by atoms with Gasteiger partial charge in [-0.25, -0.2) is 9.78 Å². The minimum absolute atomic E-state index is 0.203. The van der Waals surface area contributed by atoms with E-state index in [9.17, 15) is 14.4 Å². The van der Waals surface area contributed by atoms with Crippen LogP contribution in [0, 0.1) is 0 Å². The molecule has 236 valence electrons. The van der Waals surface area contributed by atoms with Gasteiger partial charge in [0, 0.05) is 49.3 Å². The van der Waals surface area contributed by atoms with Crippen molar-refractivity contribution in [2.75, 3.05) is 68.2 Å². The molecule has 11 heteroatoms. The first-order chi connectivity index (χ1) is 22.0. The number of carbonyl (C=O) groups is 3. The average Bonchev–Trinajstić information content (AvgIpc) is 3.79. The Morgan fingerprint density at radius 3 is 2.33 bits per heavy atom. The van der Waals surface area contributed by atoms with Crippen molar-refractivity contribution in [1.29, 1.82) is 0 Å². The van der Waals surface area contributed by atoms with Crippen LogP contribution in [0.3, 0.4) is 0 Å². The van der Waals surface area contributed by atoms with Crippen molar-refractivity contribution < 1.29 is 23.9 Å². The fourth-order valence-corrected chi connectivity index (χ4v) is 6.48. The summed E-state index contributed by atoms with van der Waals surface area (Å²) in [6, 6.07) is 20.6. The predicted octanol–water partition coefficient (Wildman–Crippen LogP) is 4.21. The van der Waals surface area contributed by atoms with Crippen molar-refractivity contribution in [2.45, 2.75) is 37.8 Å². The molecule has 3 amide bonds. The van der Waals surface area contributed by atoms with Crippen LogP contribution in [0.2, 0.25) is 0 Å². The summed E-state index contributed by atoms with van der Waals surface area (Å²) in [5.74, 6) is 0.464. The maximum atomic E-state index is 13.1. The number of amides is 3. The molecule has 11 nitrogen and oxygen atoms in total. The highest BCUT2D eigenvalue weighted by atomic mass is 16.5. The molecule has 2 atom stereocenters. The smallest absolute Gasteiger partial charge is 0.407 e. The zero-order valence-corrected chi connectivity index (χ0v) is 25.6. The summed E-state index contributed by atoms with van der Waals surface area (Å²) in [4.78, 5) is 47.9. The molecule has 0 unspecified atom stereocenters. The Labute approximate surface area is 263 Å². The summed E-state index contributed by atoms with van der Waals surface area (Å²) in [5.41, 5.74) is 5.31. The lowest BCUT2D eigenvalue weighted by Gasteiger charge is -2.28. The van der Waals surface area contributed by atoms with Gasteiger partial charge in [0.1, 0.15) is 18.4 Å². The van der Waals surface area contributed by atoms with Gasteiger partial charge in [0.15, 0.2) is 0 Å². The fraction of sp³-hybridized carbons (Fsp3) is 0.412. The van der Waals surface area contributed by atoms with Gasteiger partial charge in [0.25, 0.3) is 0 Å². The molecular formula is C34H40N6O5. The van der Waals surface area contributed by atoms with Crippen LogP contribution >= 0.6 is 0 Å². The summed E-state index contributed by atoms with van der Waals surface area (Å²) in [6.07, 6.45) is 4.75. The molecule has 45 heavy (non-hydrogen) atoms. The second-order valence-electron chi connectivity index (χ2n) is 11.6. The van der Waals surface area contributed by atoms with E-state index in [4.69, 9.17) is 9.72 Å². The van der Waals surface area contributed by atoms with E-state index in [-0.39, 0.29) is 24.4 Å². The molecule has 0 bridgehead atoms. The summed E-state index contributed by atoms with van der Waals surface area (Å²) >= 11 is 0. The third-order valence-electron chi connectivity index (χ3n) is 8.88. The molecule has 3 fully saturated rings. The first-order valence-electron chi connectivity index (χ1n) is 15.7. The van der Waals surface area contributed by atoms with E-state index in [0.29, 0.717) is 18.7 Å². The highest BCUT2D eigenvalue weighted by Crippen LogP contribution is 2.37. The number of hydrogen-bond acceptors (Lipinski definition) is 8. The quantitative estimate of drug-likeness (QED) is 0.389. The van der Waals surface area contributed by atoms with Gasteiger partial charge in [-0.2, -0.15) is 0 Å². The monoisotopic (exact) mass is 612 g/mol. The van der Waals surface area contributed by atoms with Crippen molar-refractivity contribution >= 4 is 35.1 Å². The van der Waals surface area contributed by atoms with Crippen LogP contribution in [-0.4, -0.2) is 86.9 Å². The number of benzene rings is 2. The number of anilines is 3. The Balaban J connectivity index is 1.06. The Hall–Kier alpha value is -4.64. The van der Waals surface area contributed by atoms with Gasteiger partial charge >= 0.3 is 6.09 Å². The van der Waals surface area contributed by atoms with E-state index in [2.05, 4.69) is 73.7 Å². The number of morpholine rings is 1. The third kappa shape index (κ3) is 7.04. The van der Waals surface area contributed by atoms with E-state index in [0.717, 1.165) is 69.1 Å². The van der Waals surface area contributed by atoms with Crippen LogP contribution < -0.4 is 20.4 Å². The molecule has 0 saturated carbocycles. The zero-order valence-electron chi connectivity index (χ0n) is 25.6. The summed E-state index contributed by atoms with van der Waals surface area (Å²) < 4.78 is 9.98. The Morgan fingerprint density at radius 2 is 1.62 bits per heavy atom. The minimum Gasteiger partial charge on any atom is -0.453 e. The minimum atomic E-state index is -0.676. The normalized spacial score (nSPS) is 19.8. The number of nitrogens with one attached hydrogen (secondary N) is 2. The van der Waals surface area contributed by atoms with Crippen LogP contribution in [0.15, 0.2) is 66.9 Å². The molecule has 0 spiro atoms. The molecule has 2 aromatic carbocycles. The number of likely N-dealkylation sites (tertiary alicyclic amines) is 1. The molecule has 3 aliphatic heterocycles. The number of hydrogen-bond donors (Lipinski definition) is 2. The molecular weight excluding hydrogens is 572 g/mol. The van der Waals surface area contributed by atoms with Crippen molar-refractivity contribution in [3.05, 3.63) is 72.4 Å². The van der Waals surface area contributed by atoms with Crippen LogP contribution in [0.4, 0.5) is 22.0 Å². The van der Waals surface area contributed by atoms with Crippen molar-refractivity contribution in [3.63, 3.8) is 0 Å². The van der Waals surface area contributed by atoms with Gasteiger partial charge in [-0.05, 0) is 73.2 Å². The van der Waals surface area contributed by atoms with E-state index in [1.165, 1.54) is 23.3 Å². The van der Waals surface area contributed by atoms with Crippen LogP contribution in [0.25, 0.3) is 11.1 Å². The first-order valence-corrected chi connectivity index (χ1v) is 15.7. The molecule has 2 N–H and O–H groups in total. The standard InChI is InChI=1S/C34H40N6O5/c1-44-34(43)36-23-32(41)40-17-3-5-30(40)33(42)37-27-11-6-25(7-12-27)29-4-2-16-39(29)28-13-8-24(9-14-28)26-10-15-31(35-22-26)38-18-20-45-21-19-38/h6-15,22,29-30H,2-5,16-21,23H2,1H3,(H,36,43)(H,37,42)/t29-,30-/m0/s1. The maximum Gasteiger partial charge on any atom is 0.407 e. The third-order valence-corrected chi connectivity index (χ3v) is 8.88. The highest BCUT2D eigenvalue weighted by molar-refractivity contribution is 5.98. The van der Waals surface area contributed by atoms with Gasteiger partial charge in [-0.3, -0.25) is 9.59 Å². The van der Waals surface area contributed by atoms with E-state index >= 15 is 0 Å². The van der Waals surface area contributed by atoms with Crippen molar-refractivity contribution in [3.8, 4) is 11.1 Å². The number of ether oxygens (including phenoxy) is 2. The number of pyridine rings is 1. The lowest BCUT2D eigenvalue weighted by molar-refractivity contribution is -0.135. The average molecular weight is 613 g/mol. The lowest BCUT2D eigenvalue weighted by Crippen LogP contribution is -2.47. The highest BCUT2D eigenvalue weighted by Gasteiger charge is 2.34. The summed E-state index contributed by atoms with van der Waals surface area (Å²) in [6.45, 7) is 4.48. The van der Waals surface area contributed by atoms with Gasteiger partial charge in [-0.15, -0.1) is 0 Å². The van der Waals surface area contributed by atoms with Gasteiger partial charge in [-0.1, -0.05) is 24.3 Å². The lowest BCUT2D eigenvalue weighted by atomic mass is 10.0. The molecule has 3 saturated heterocycles. The topological polar surface area (TPSA) is 116 Å². The zero-order chi connectivity index (χ0) is 31.2. The predicted molar refractivity (Wildman–Crippen MR) is 172 cm³/mol. The van der Waals surface area contributed by atoms with E-state index < -0.39 is 12.1 Å². The largest absolute Gasteiger partial charge is 0.453 e. The maximum absolute atomic E-state index is 13.1. The number of aromatic nitrogens is 1. The van der Waals surface area contributed by atoms with Crippen molar-refractivity contribution in [2.24, 2.45) is 0 Å².